The molecular formula is C27H28F6N8. The standard InChI is InChI=1S/C27H28F6N8/c1-17-12-20-22(41(25(38-34)39-35-2)16-19-5-6-24(37-14-19)27(31,32)33)4-3-11-40(15-18-7-9-36-10-8-18)23(20)13-21(17)26(28,29)30/h5-10,12-14,22H,3-4,11,15-16,34H2,1-2H3/t22-/m0/s1. The highest BCUT2D eigenvalue weighted by Crippen LogP contribution is 2.43. The normalized spacial score (nSPS) is 16.5. The van der Waals surface area contributed by atoms with Crippen molar-refractivity contribution in [1.82, 2.24) is 14.9 Å². The number of aromatic nitrogens is 2. The molecule has 0 unspecified atom stereocenters. The largest absolute Gasteiger partial charge is 0.433 e. The summed E-state index contributed by atoms with van der Waals surface area (Å²) in [6, 6.07) is 7.82. The van der Waals surface area contributed by atoms with Crippen molar-refractivity contribution >= 4 is 11.6 Å². The molecule has 3 heterocycles. The lowest BCUT2D eigenvalue weighted by atomic mass is 9.94. The number of nitrogens with two attached hydrogens (primary N) is 1. The lowest BCUT2D eigenvalue weighted by molar-refractivity contribution is -0.141. The van der Waals surface area contributed by atoms with E-state index >= 15 is 0 Å². The van der Waals surface area contributed by atoms with E-state index in [1.165, 1.54) is 26.1 Å². The van der Waals surface area contributed by atoms with Crippen LogP contribution in [0.1, 0.15) is 52.4 Å². The Labute approximate surface area is 232 Å². The topological polar surface area (TPSA) is 95.4 Å². The number of anilines is 1. The van der Waals surface area contributed by atoms with Crippen LogP contribution < -0.4 is 10.7 Å². The van der Waals surface area contributed by atoms with Crippen LogP contribution in [0.5, 0.6) is 0 Å². The van der Waals surface area contributed by atoms with Gasteiger partial charge >= 0.3 is 12.4 Å². The second-order valence-corrected chi connectivity index (χ2v) is 9.57. The van der Waals surface area contributed by atoms with Gasteiger partial charge < -0.3 is 15.6 Å². The lowest BCUT2D eigenvalue weighted by Crippen LogP contribution is -2.34. The number of halogens is 6. The Hall–Kier alpha value is -4.23. The molecule has 4 rings (SSSR count). The maximum atomic E-state index is 14.0. The molecule has 14 heteroatoms. The van der Waals surface area contributed by atoms with Crippen molar-refractivity contribution in [2.24, 2.45) is 21.2 Å². The van der Waals surface area contributed by atoms with Gasteiger partial charge in [-0.2, -0.15) is 31.5 Å². The molecule has 8 nitrogen and oxygen atoms in total. The smallest absolute Gasteiger partial charge is 0.367 e. The minimum Gasteiger partial charge on any atom is -0.367 e. The average Bonchev–Trinajstić information content (AvgIpc) is 3.08. The zero-order chi connectivity index (χ0) is 29.8. The van der Waals surface area contributed by atoms with Crippen LogP contribution in [0.25, 0.3) is 0 Å². The number of nitrogens with zero attached hydrogens (tertiary/aromatic N) is 7. The van der Waals surface area contributed by atoms with E-state index in [0.29, 0.717) is 42.7 Å². The summed E-state index contributed by atoms with van der Waals surface area (Å²) in [5.41, 5.74) is 0.457. The first kappa shape index (κ1) is 29.7. The molecule has 1 aliphatic rings. The second-order valence-electron chi connectivity index (χ2n) is 9.57. The lowest BCUT2D eigenvalue weighted by Gasteiger charge is -2.34. The average molecular weight is 579 g/mol. The number of hydrazone groups is 1. The fraction of sp³-hybridized carbons (Fsp3) is 0.370. The Kier molecular flexibility index (Phi) is 8.78. The number of hydrogen-bond acceptors (Lipinski definition) is 6. The second kappa shape index (κ2) is 12.1. The van der Waals surface area contributed by atoms with Gasteiger partial charge in [0, 0.05) is 51.0 Å². The first-order valence-corrected chi connectivity index (χ1v) is 12.6. The highest BCUT2D eigenvalue weighted by atomic mass is 19.4. The quantitative estimate of drug-likeness (QED) is 0.0934. The third kappa shape index (κ3) is 6.92. The molecule has 0 saturated heterocycles. The molecule has 1 aliphatic heterocycles. The van der Waals surface area contributed by atoms with Crippen LogP contribution in [0.3, 0.4) is 0 Å². The summed E-state index contributed by atoms with van der Waals surface area (Å²) in [7, 11) is 1.40. The molecule has 0 saturated carbocycles. The number of hydrogen-bond donors (Lipinski definition) is 1. The fourth-order valence-corrected chi connectivity index (χ4v) is 4.96. The fourth-order valence-electron chi connectivity index (χ4n) is 4.96. The molecule has 0 bridgehead atoms. The molecule has 2 aromatic heterocycles. The summed E-state index contributed by atoms with van der Waals surface area (Å²) in [4.78, 5) is 11.1. The van der Waals surface area contributed by atoms with Crippen molar-refractivity contribution in [1.29, 1.82) is 0 Å². The number of pyridine rings is 2. The minimum atomic E-state index is -4.61. The summed E-state index contributed by atoms with van der Waals surface area (Å²) in [5.74, 6) is 5.64. The van der Waals surface area contributed by atoms with Gasteiger partial charge in [0.2, 0.25) is 0 Å². The molecule has 218 valence electrons. The third-order valence-corrected chi connectivity index (χ3v) is 6.81. The third-order valence-electron chi connectivity index (χ3n) is 6.81. The zero-order valence-electron chi connectivity index (χ0n) is 22.3. The van der Waals surface area contributed by atoms with Crippen molar-refractivity contribution in [2.45, 2.75) is 51.2 Å². The van der Waals surface area contributed by atoms with Crippen molar-refractivity contribution < 1.29 is 26.3 Å². The summed E-state index contributed by atoms with van der Waals surface area (Å²) in [6.45, 7) is 2.17. The van der Waals surface area contributed by atoms with Gasteiger partial charge in [0.1, 0.15) is 5.69 Å². The number of fused-ring (bicyclic) bond motifs is 1. The number of aryl methyl sites for hydroxylation is 1. The van der Waals surface area contributed by atoms with Crippen molar-refractivity contribution in [3.63, 3.8) is 0 Å². The van der Waals surface area contributed by atoms with Gasteiger partial charge in [0.05, 0.1) is 11.6 Å². The maximum absolute atomic E-state index is 14.0. The Bertz CT molecular complexity index is 1390. The molecule has 2 N–H and O–H groups in total. The summed E-state index contributed by atoms with van der Waals surface area (Å²) >= 11 is 0. The van der Waals surface area contributed by atoms with Gasteiger partial charge in [-0.25, -0.2) is 0 Å². The summed E-state index contributed by atoms with van der Waals surface area (Å²) < 4.78 is 81.4. The molecule has 0 radical (unpaired) electrons. The first-order chi connectivity index (χ1) is 19.4. The number of benzene rings is 1. The van der Waals surface area contributed by atoms with E-state index in [2.05, 4.69) is 25.3 Å². The zero-order valence-corrected chi connectivity index (χ0v) is 22.3. The van der Waals surface area contributed by atoms with E-state index in [4.69, 9.17) is 5.84 Å². The number of rotatable bonds is 5. The monoisotopic (exact) mass is 578 g/mol. The Morgan fingerprint density at radius 3 is 2.37 bits per heavy atom. The number of azo groups is 1. The Balaban J connectivity index is 1.83. The molecule has 0 amide bonds. The predicted molar refractivity (Wildman–Crippen MR) is 141 cm³/mol. The Morgan fingerprint density at radius 1 is 1.05 bits per heavy atom. The molecule has 1 atom stereocenters. The molecule has 0 aliphatic carbocycles. The predicted octanol–water partition coefficient (Wildman–Crippen LogP) is 6.48. The van der Waals surface area contributed by atoms with Gasteiger partial charge in [0.15, 0.2) is 0 Å². The van der Waals surface area contributed by atoms with Gasteiger partial charge in [-0.05, 0) is 66.3 Å². The van der Waals surface area contributed by atoms with Crippen molar-refractivity contribution in [3.05, 3.63) is 88.5 Å². The molecule has 41 heavy (non-hydrogen) atoms. The highest BCUT2D eigenvalue weighted by Gasteiger charge is 2.37. The van der Waals surface area contributed by atoms with Crippen LogP contribution in [0.2, 0.25) is 0 Å². The number of alkyl halides is 6. The minimum absolute atomic E-state index is 0.0191. The van der Waals surface area contributed by atoms with E-state index in [0.717, 1.165) is 23.9 Å². The SMILES string of the molecule is CN=NC(=NN)N(Cc1ccc(C(F)(F)F)nc1)[C@H]1CCCN(Cc2ccncc2)c2cc(C(F)(F)F)c(C)cc21. The molecule has 0 fully saturated rings. The van der Waals surface area contributed by atoms with Crippen LogP contribution in [0.4, 0.5) is 32.0 Å². The van der Waals surface area contributed by atoms with E-state index in [-0.39, 0.29) is 18.1 Å². The van der Waals surface area contributed by atoms with Crippen LogP contribution >= 0.6 is 0 Å². The van der Waals surface area contributed by atoms with Crippen LogP contribution in [-0.4, -0.2) is 34.4 Å². The molecular weight excluding hydrogens is 550 g/mol. The van der Waals surface area contributed by atoms with E-state index < -0.39 is 29.7 Å². The molecule has 0 spiro atoms. The van der Waals surface area contributed by atoms with Crippen LogP contribution in [0, 0.1) is 6.92 Å². The van der Waals surface area contributed by atoms with Gasteiger partial charge in [-0.3, -0.25) is 9.97 Å². The van der Waals surface area contributed by atoms with Crippen molar-refractivity contribution in [3.8, 4) is 0 Å². The van der Waals surface area contributed by atoms with Crippen LogP contribution in [0.15, 0.2) is 70.3 Å². The van der Waals surface area contributed by atoms with Gasteiger partial charge in [-0.15, -0.1) is 10.2 Å². The van der Waals surface area contributed by atoms with E-state index in [1.54, 1.807) is 29.4 Å². The first-order valence-electron chi connectivity index (χ1n) is 12.6. The molecule has 3 aromatic rings. The van der Waals surface area contributed by atoms with Crippen molar-refractivity contribution in [2.75, 3.05) is 18.5 Å². The van der Waals surface area contributed by atoms with E-state index in [1.807, 2.05) is 4.90 Å². The summed E-state index contributed by atoms with van der Waals surface area (Å²) in [5, 5.41) is 11.5. The molecule has 1 aromatic carbocycles. The van der Waals surface area contributed by atoms with Crippen LogP contribution in [-0.2, 0) is 25.4 Å². The number of guanidine groups is 1. The highest BCUT2D eigenvalue weighted by molar-refractivity contribution is 5.81. The Morgan fingerprint density at radius 2 is 1.78 bits per heavy atom. The van der Waals surface area contributed by atoms with Gasteiger partial charge in [-0.1, -0.05) is 12.1 Å². The van der Waals surface area contributed by atoms with E-state index in [9.17, 15) is 26.3 Å². The summed E-state index contributed by atoms with van der Waals surface area (Å²) in [6.07, 6.45) is -3.80. The maximum Gasteiger partial charge on any atom is 0.433 e. The van der Waals surface area contributed by atoms with Gasteiger partial charge in [0.25, 0.3) is 5.96 Å².